The Hall–Kier alpha value is -1.72. The molecule has 0 amide bonds. The van der Waals surface area contributed by atoms with Gasteiger partial charge in [-0.05, 0) is 44.4 Å². The SMILES string of the molecule is CC(=O)CCSc1ncnc2sc(C)c(-c3ccc(C)c(C)c3)c12. The molecule has 0 spiro atoms. The first-order valence-electron chi connectivity index (χ1n) is 7.91. The highest BCUT2D eigenvalue weighted by atomic mass is 32.2. The molecule has 0 aliphatic carbocycles. The fourth-order valence-electron chi connectivity index (χ4n) is 2.66. The zero-order valence-electron chi connectivity index (χ0n) is 14.3. The van der Waals surface area contributed by atoms with Crippen LogP contribution in [-0.2, 0) is 4.79 Å². The van der Waals surface area contributed by atoms with Gasteiger partial charge in [-0.2, -0.15) is 0 Å². The quantitative estimate of drug-likeness (QED) is 0.456. The summed E-state index contributed by atoms with van der Waals surface area (Å²) in [4.78, 5) is 22.4. The molecule has 0 N–H and O–H groups in total. The Labute approximate surface area is 150 Å². The van der Waals surface area contributed by atoms with Crippen LogP contribution < -0.4 is 0 Å². The fraction of sp³-hybridized carbons (Fsp3) is 0.316. The molecular formula is C19H20N2OS2. The van der Waals surface area contributed by atoms with Gasteiger partial charge in [-0.1, -0.05) is 18.2 Å². The second-order valence-electron chi connectivity index (χ2n) is 5.99. The number of hydrogen-bond acceptors (Lipinski definition) is 5. The van der Waals surface area contributed by atoms with Gasteiger partial charge in [0.1, 0.15) is 22.0 Å². The molecule has 0 unspecified atom stereocenters. The van der Waals surface area contributed by atoms with Crippen molar-refractivity contribution >= 4 is 39.1 Å². The number of ketones is 1. The maximum absolute atomic E-state index is 11.2. The number of carbonyl (C=O) groups excluding carboxylic acids is 1. The Balaban J connectivity index is 2.11. The van der Waals surface area contributed by atoms with Gasteiger partial charge < -0.3 is 0 Å². The summed E-state index contributed by atoms with van der Waals surface area (Å²) in [7, 11) is 0. The number of fused-ring (bicyclic) bond motifs is 1. The first-order valence-corrected chi connectivity index (χ1v) is 9.71. The van der Waals surface area contributed by atoms with Crippen LogP contribution in [0.1, 0.15) is 29.3 Å². The van der Waals surface area contributed by atoms with E-state index in [2.05, 4.69) is 48.9 Å². The number of thiophene rings is 1. The van der Waals surface area contributed by atoms with Crippen molar-refractivity contribution in [2.24, 2.45) is 0 Å². The van der Waals surface area contributed by atoms with Crippen LogP contribution in [0.25, 0.3) is 21.3 Å². The zero-order valence-corrected chi connectivity index (χ0v) is 16.0. The van der Waals surface area contributed by atoms with Gasteiger partial charge in [-0.25, -0.2) is 9.97 Å². The first kappa shape index (κ1) is 17.1. The van der Waals surface area contributed by atoms with Crippen LogP contribution in [0.4, 0.5) is 0 Å². The van der Waals surface area contributed by atoms with Gasteiger partial charge in [0, 0.05) is 22.6 Å². The molecule has 0 saturated carbocycles. The summed E-state index contributed by atoms with van der Waals surface area (Å²) in [6, 6.07) is 6.58. The van der Waals surface area contributed by atoms with Crippen LogP contribution >= 0.6 is 23.1 Å². The molecule has 124 valence electrons. The number of thioether (sulfide) groups is 1. The predicted octanol–water partition coefficient (Wildman–Crippen LogP) is 5.35. The van der Waals surface area contributed by atoms with E-state index >= 15 is 0 Å². The molecule has 2 aromatic heterocycles. The summed E-state index contributed by atoms with van der Waals surface area (Å²) in [5.41, 5.74) is 5.02. The molecule has 0 aliphatic rings. The van der Waals surface area contributed by atoms with E-state index in [1.165, 1.54) is 27.1 Å². The van der Waals surface area contributed by atoms with Gasteiger partial charge in [0.15, 0.2) is 0 Å². The van der Waals surface area contributed by atoms with Crippen LogP contribution in [0.2, 0.25) is 0 Å². The number of Topliss-reactive ketones (excluding diaryl/α,β-unsaturated/α-hetero) is 1. The maximum Gasteiger partial charge on any atom is 0.130 e. The lowest BCUT2D eigenvalue weighted by atomic mass is 9.99. The van der Waals surface area contributed by atoms with Gasteiger partial charge in [0.2, 0.25) is 0 Å². The standard InChI is InChI=1S/C19H20N2OS2/c1-11-5-6-15(9-12(11)2)16-14(4)24-19-17(16)18(20-10-21-19)23-8-7-13(3)22/h5-6,9-10H,7-8H2,1-4H3. The minimum Gasteiger partial charge on any atom is -0.300 e. The lowest BCUT2D eigenvalue weighted by molar-refractivity contribution is -0.116. The lowest BCUT2D eigenvalue weighted by Crippen LogP contribution is -1.93. The van der Waals surface area contributed by atoms with Crippen molar-refractivity contribution in [2.75, 3.05) is 5.75 Å². The largest absolute Gasteiger partial charge is 0.300 e. The monoisotopic (exact) mass is 356 g/mol. The molecule has 0 radical (unpaired) electrons. The lowest BCUT2D eigenvalue weighted by Gasteiger charge is -2.08. The second kappa shape index (κ2) is 7.03. The molecule has 0 bridgehead atoms. The predicted molar refractivity (Wildman–Crippen MR) is 103 cm³/mol. The Bertz CT molecular complexity index is 915. The van der Waals surface area contributed by atoms with Gasteiger partial charge in [0.05, 0.1) is 5.39 Å². The Kier molecular flexibility index (Phi) is 5.01. The van der Waals surface area contributed by atoms with E-state index in [0.717, 1.165) is 21.0 Å². The van der Waals surface area contributed by atoms with Gasteiger partial charge in [-0.15, -0.1) is 23.1 Å². The van der Waals surface area contributed by atoms with E-state index in [0.29, 0.717) is 6.42 Å². The number of hydrogen-bond donors (Lipinski definition) is 0. The van der Waals surface area contributed by atoms with Crippen molar-refractivity contribution in [3.05, 3.63) is 40.5 Å². The van der Waals surface area contributed by atoms with Gasteiger partial charge >= 0.3 is 0 Å². The number of benzene rings is 1. The van der Waals surface area contributed by atoms with Crippen LogP contribution in [0, 0.1) is 20.8 Å². The van der Waals surface area contributed by atoms with Crippen molar-refractivity contribution in [1.29, 1.82) is 0 Å². The normalized spacial score (nSPS) is 11.2. The molecule has 0 atom stereocenters. The first-order chi connectivity index (χ1) is 11.5. The average Bonchev–Trinajstić information content (AvgIpc) is 2.86. The minimum atomic E-state index is 0.212. The van der Waals surface area contributed by atoms with E-state index in [-0.39, 0.29) is 5.78 Å². The third-order valence-electron chi connectivity index (χ3n) is 4.12. The Morgan fingerprint density at radius 1 is 1.17 bits per heavy atom. The minimum absolute atomic E-state index is 0.212. The van der Waals surface area contributed by atoms with Crippen LogP contribution in [0.15, 0.2) is 29.6 Å². The van der Waals surface area contributed by atoms with Crippen LogP contribution in [0.5, 0.6) is 0 Å². The highest BCUT2D eigenvalue weighted by molar-refractivity contribution is 7.99. The number of aromatic nitrogens is 2. The summed E-state index contributed by atoms with van der Waals surface area (Å²) < 4.78 is 0. The molecule has 5 heteroatoms. The highest BCUT2D eigenvalue weighted by Gasteiger charge is 2.17. The second-order valence-corrected chi connectivity index (χ2v) is 8.28. The van der Waals surface area contributed by atoms with Crippen molar-refractivity contribution in [3.8, 4) is 11.1 Å². The highest BCUT2D eigenvalue weighted by Crippen LogP contribution is 2.41. The molecule has 24 heavy (non-hydrogen) atoms. The van der Waals surface area contributed by atoms with E-state index in [9.17, 15) is 4.79 Å². The summed E-state index contributed by atoms with van der Waals surface area (Å²) in [5, 5.41) is 2.09. The van der Waals surface area contributed by atoms with Gasteiger partial charge in [-0.3, -0.25) is 4.79 Å². The number of carbonyl (C=O) groups is 1. The molecule has 0 aliphatic heterocycles. The van der Waals surface area contributed by atoms with E-state index in [1.807, 2.05) is 0 Å². The summed E-state index contributed by atoms with van der Waals surface area (Å²) in [6.07, 6.45) is 2.19. The third kappa shape index (κ3) is 3.37. The van der Waals surface area contributed by atoms with Crippen LogP contribution in [-0.4, -0.2) is 21.5 Å². The third-order valence-corrected chi connectivity index (χ3v) is 6.12. The average molecular weight is 357 g/mol. The molecular weight excluding hydrogens is 336 g/mol. The number of nitrogens with zero attached hydrogens (tertiary/aromatic N) is 2. The van der Waals surface area contributed by atoms with Crippen molar-refractivity contribution < 1.29 is 4.79 Å². The molecule has 0 fully saturated rings. The fourth-order valence-corrected chi connectivity index (χ4v) is 4.79. The van der Waals surface area contributed by atoms with E-state index in [4.69, 9.17) is 0 Å². The molecule has 0 saturated heterocycles. The van der Waals surface area contributed by atoms with Crippen molar-refractivity contribution in [1.82, 2.24) is 9.97 Å². The maximum atomic E-state index is 11.2. The smallest absolute Gasteiger partial charge is 0.130 e. The van der Waals surface area contributed by atoms with Crippen LogP contribution in [0.3, 0.4) is 0 Å². The molecule has 3 nitrogen and oxygen atoms in total. The number of aryl methyl sites for hydroxylation is 3. The topological polar surface area (TPSA) is 42.9 Å². The molecule has 2 heterocycles. The van der Waals surface area contributed by atoms with E-state index in [1.54, 1.807) is 36.3 Å². The Morgan fingerprint density at radius 2 is 1.96 bits per heavy atom. The Morgan fingerprint density at radius 3 is 2.67 bits per heavy atom. The van der Waals surface area contributed by atoms with Gasteiger partial charge in [0.25, 0.3) is 0 Å². The molecule has 3 rings (SSSR count). The zero-order chi connectivity index (χ0) is 17.3. The van der Waals surface area contributed by atoms with E-state index < -0.39 is 0 Å². The van der Waals surface area contributed by atoms with Crippen molar-refractivity contribution in [3.63, 3.8) is 0 Å². The van der Waals surface area contributed by atoms with Crippen molar-refractivity contribution in [2.45, 2.75) is 39.1 Å². The number of rotatable bonds is 5. The summed E-state index contributed by atoms with van der Waals surface area (Å²) >= 11 is 3.35. The molecule has 1 aromatic carbocycles. The molecule has 3 aromatic rings. The summed E-state index contributed by atoms with van der Waals surface area (Å²) in [6.45, 7) is 8.04. The summed E-state index contributed by atoms with van der Waals surface area (Å²) in [5.74, 6) is 0.964.